The van der Waals surface area contributed by atoms with E-state index in [0.717, 1.165) is 6.07 Å². The number of hydrogen-bond acceptors (Lipinski definition) is 5. The summed E-state index contributed by atoms with van der Waals surface area (Å²) in [7, 11) is 0. The molecular weight excluding hydrogens is 286 g/mol. The van der Waals surface area contributed by atoms with Crippen molar-refractivity contribution in [3.8, 4) is 11.5 Å². The van der Waals surface area contributed by atoms with Crippen LogP contribution in [-0.4, -0.2) is 20.9 Å². The highest BCUT2D eigenvalue weighted by molar-refractivity contribution is 6.00. The number of aryl methyl sites for hydroxylation is 1. The second-order valence-corrected chi connectivity index (χ2v) is 4.88. The Morgan fingerprint density at radius 2 is 1.77 bits per heavy atom. The van der Waals surface area contributed by atoms with Crippen molar-refractivity contribution in [3.05, 3.63) is 63.2 Å². The average molecular weight is 301 g/mol. The van der Waals surface area contributed by atoms with Gasteiger partial charge >= 0.3 is 0 Å². The van der Waals surface area contributed by atoms with Crippen molar-refractivity contribution < 1.29 is 19.9 Å². The van der Waals surface area contributed by atoms with Gasteiger partial charge in [-0.15, -0.1) is 0 Å². The fraction of sp³-hybridized carbons (Fsp3) is 0.188. The van der Waals surface area contributed by atoms with Crippen molar-refractivity contribution in [1.82, 2.24) is 0 Å². The van der Waals surface area contributed by atoms with Gasteiger partial charge in [0.1, 0.15) is 11.5 Å². The van der Waals surface area contributed by atoms with Crippen LogP contribution in [0.4, 0.5) is 5.69 Å². The zero-order valence-electron chi connectivity index (χ0n) is 11.9. The maximum absolute atomic E-state index is 12.3. The molecule has 0 spiro atoms. The van der Waals surface area contributed by atoms with Crippen molar-refractivity contribution >= 4 is 11.5 Å². The Kier molecular flexibility index (Phi) is 4.41. The number of rotatable bonds is 5. The molecule has 6 nitrogen and oxygen atoms in total. The molecule has 0 radical (unpaired) electrons. The fourth-order valence-corrected chi connectivity index (χ4v) is 2.14. The van der Waals surface area contributed by atoms with Gasteiger partial charge in [0, 0.05) is 24.6 Å². The number of carbonyl (C=O) groups is 1. The Labute approximate surface area is 126 Å². The summed E-state index contributed by atoms with van der Waals surface area (Å²) in [4.78, 5) is 22.3. The molecule has 0 unspecified atom stereocenters. The number of aromatic hydroxyl groups is 2. The number of carbonyl (C=O) groups excluding carboxylic acids is 1. The largest absolute Gasteiger partial charge is 0.508 e. The molecule has 2 aromatic carbocycles. The molecular formula is C16H15NO5. The Morgan fingerprint density at radius 3 is 2.32 bits per heavy atom. The molecule has 0 saturated carbocycles. The van der Waals surface area contributed by atoms with Gasteiger partial charge < -0.3 is 10.2 Å². The maximum Gasteiger partial charge on any atom is 0.269 e. The van der Waals surface area contributed by atoms with Crippen LogP contribution in [0.15, 0.2) is 36.4 Å². The van der Waals surface area contributed by atoms with E-state index >= 15 is 0 Å². The number of phenolic OH excluding ortho intramolecular Hbond substituents is 2. The van der Waals surface area contributed by atoms with E-state index in [1.807, 2.05) is 6.92 Å². The molecule has 6 heteroatoms. The molecule has 22 heavy (non-hydrogen) atoms. The first-order valence-corrected chi connectivity index (χ1v) is 6.73. The highest BCUT2D eigenvalue weighted by atomic mass is 16.6. The van der Waals surface area contributed by atoms with Crippen molar-refractivity contribution in [2.24, 2.45) is 0 Å². The predicted octanol–water partition coefficient (Wildman–Crippen LogP) is 2.99. The highest BCUT2D eigenvalue weighted by Crippen LogP contribution is 2.28. The third-order valence-corrected chi connectivity index (χ3v) is 3.39. The van der Waals surface area contributed by atoms with Crippen molar-refractivity contribution in [2.45, 2.75) is 19.8 Å². The number of benzene rings is 2. The van der Waals surface area contributed by atoms with Gasteiger partial charge in [-0.3, -0.25) is 14.9 Å². The van der Waals surface area contributed by atoms with Gasteiger partial charge in [0.15, 0.2) is 5.78 Å². The van der Waals surface area contributed by atoms with Gasteiger partial charge in [0.2, 0.25) is 0 Å². The van der Waals surface area contributed by atoms with E-state index in [1.54, 1.807) is 0 Å². The summed E-state index contributed by atoms with van der Waals surface area (Å²) in [6.07, 6.45) is 0.545. The second kappa shape index (κ2) is 6.26. The number of nitro groups is 1. The molecule has 0 heterocycles. The summed E-state index contributed by atoms with van der Waals surface area (Å²) >= 11 is 0. The van der Waals surface area contributed by atoms with Crippen LogP contribution in [0.3, 0.4) is 0 Å². The van der Waals surface area contributed by atoms with Crippen LogP contribution in [0.1, 0.15) is 28.4 Å². The molecule has 0 aromatic heterocycles. The van der Waals surface area contributed by atoms with E-state index in [4.69, 9.17) is 0 Å². The topological polar surface area (TPSA) is 101 Å². The molecule has 2 aromatic rings. The Bertz CT molecular complexity index is 722. The van der Waals surface area contributed by atoms with Gasteiger partial charge in [-0.1, -0.05) is 19.1 Å². The zero-order valence-corrected chi connectivity index (χ0v) is 11.9. The lowest BCUT2D eigenvalue weighted by molar-refractivity contribution is -0.384. The third kappa shape index (κ3) is 3.22. The first-order chi connectivity index (χ1) is 10.4. The van der Waals surface area contributed by atoms with Gasteiger partial charge in [0.25, 0.3) is 5.69 Å². The summed E-state index contributed by atoms with van der Waals surface area (Å²) in [6, 6.07) is 8.30. The number of phenols is 2. The molecule has 0 aliphatic heterocycles. The number of non-ortho nitro benzene ring substituents is 1. The summed E-state index contributed by atoms with van der Waals surface area (Å²) in [5.74, 6) is -0.644. The lowest BCUT2D eigenvalue weighted by Gasteiger charge is -2.08. The molecule has 114 valence electrons. The molecule has 0 atom stereocenters. The maximum atomic E-state index is 12.3. The number of nitro benzene ring substituents is 1. The molecule has 0 fully saturated rings. The van der Waals surface area contributed by atoms with Gasteiger partial charge in [0.05, 0.1) is 10.5 Å². The minimum Gasteiger partial charge on any atom is -0.508 e. The van der Waals surface area contributed by atoms with E-state index in [9.17, 15) is 25.1 Å². The van der Waals surface area contributed by atoms with Crippen molar-refractivity contribution in [2.75, 3.05) is 0 Å². The third-order valence-electron chi connectivity index (χ3n) is 3.39. The van der Waals surface area contributed by atoms with Crippen LogP contribution < -0.4 is 0 Å². The second-order valence-electron chi connectivity index (χ2n) is 4.88. The molecule has 0 aliphatic carbocycles. The van der Waals surface area contributed by atoms with Crippen LogP contribution in [0.5, 0.6) is 11.5 Å². The monoisotopic (exact) mass is 301 g/mol. The van der Waals surface area contributed by atoms with Gasteiger partial charge in [-0.05, 0) is 23.6 Å². The van der Waals surface area contributed by atoms with E-state index < -0.39 is 4.92 Å². The molecule has 2 rings (SSSR count). The quantitative estimate of drug-likeness (QED) is 0.502. The fourth-order valence-electron chi connectivity index (χ4n) is 2.14. The van der Waals surface area contributed by atoms with Gasteiger partial charge in [-0.25, -0.2) is 0 Å². The van der Waals surface area contributed by atoms with Crippen LogP contribution in [-0.2, 0) is 12.8 Å². The average Bonchev–Trinajstić information content (AvgIpc) is 2.47. The standard InChI is InChI=1S/C16H15NO5/c1-2-11-8-13(16(20)9-14(11)18)15(19)7-10-3-5-12(6-4-10)17(21)22/h3-6,8-9,18,20H,2,7H2,1H3. The lowest BCUT2D eigenvalue weighted by Crippen LogP contribution is -2.05. The summed E-state index contributed by atoms with van der Waals surface area (Å²) < 4.78 is 0. The predicted molar refractivity (Wildman–Crippen MR) is 80.3 cm³/mol. The Balaban J connectivity index is 2.23. The first-order valence-electron chi connectivity index (χ1n) is 6.73. The minimum absolute atomic E-state index is 0.0134. The molecule has 0 saturated heterocycles. The molecule has 0 aliphatic rings. The summed E-state index contributed by atoms with van der Waals surface area (Å²) in [6.45, 7) is 1.83. The number of hydrogen-bond donors (Lipinski definition) is 2. The zero-order chi connectivity index (χ0) is 16.3. The van der Waals surface area contributed by atoms with Crippen LogP contribution >= 0.6 is 0 Å². The van der Waals surface area contributed by atoms with Gasteiger partial charge in [-0.2, -0.15) is 0 Å². The molecule has 0 amide bonds. The van der Waals surface area contributed by atoms with E-state index in [-0.39, 0.29) is 35.0 Å². The van der Waals surface area contributed by atoms with Crippen molar-refractivity contribution in [3.63, 3.8) is 0 Å². The summed E-state index contributed by atoms with van der Waals surface area (Å²) in [5, 5.41) is 30.0. The van der Waals surface area contributed by atoms with E-state index in [1.165, 1.54) is 30.3 Å². The highest BCUT2D eigenvalue weighted by Gasteiger charge is 2.15. The first kappa shape index (κ1) is 15.5. The van der Waals surface area contributed by atoms with E-state index in [2.05, 4.69) is 0 Å². The molecule has 2 N–H and O–H groups in total. The smallest absolute Gasteiger partial charge is 0.269 e. The Hall–Kier alpha value is -2.89. The van der Waals surface area contributed by atoms with Crippen LogP contribution in [0.25, 0.3) is 0 Å². The Morgan fingerprint density at radius 1 is 1.14 bits per heavy atom. The lowest BCUT2D eigenvalue weighted by atomic mass is 9.99. The van der Waals surface area contributed by atoms with Crippen LogP contribution in [0, 0.1) is 10.1 Å². The number of nitrogens with zero attached hydrogens (tertiary/aromatic N) is 1. The minimum atomic E-state index is -0.509. The number of Topliss-reactive ketones (excluding diaryl/α,β-unsaturated/α-hetero) is 1. The van der Waals surface area contributed by atoms with Crippen molar-refractivity contribution in [1.29, 1.82) is 0 Å². The summed E-state index contributed by atoms with van der Waals surface area (Å²) in [5.41, 5.74) is 1.27. The SMILES string of the molecule is CCc1cc(C(=O)Cc2ccc([N+](=O)[O-])cc2)c(O)cc1O. The number of ketones is 1. The molecule has 0 bridgehead atoms. The van der Waals surface area contributed by atoms with Crippen LogP contribution in [0.2, 0.25) is 0 Å². The normalized spacial score (nSPS) is 10.4. The van der Waals surface area contributed by atoms with E-state index in [0.29, 0.717) is 17.5 Å².